The number of hydrogen-bond donors (Lipinski definition) is 2. The molecule has 0 aliphatic carbocycles. The summed E-state index contributed by atoms with van der Waals surface area (Å²) >= 11 is 0. The van der Waals surface area contributed by atoms with E-state index in [1.54, 1.807) is 0 Å². The molecule has 6 nitrogen and oxygen atoms in total. The predicted octanol–water partition coefficient (Wildman–Crippen LogP) is 4.88. The van der Waals surface area contributed by atoms with Gasteiger partial charge in [0.25, 0.3) is 11.6 Å². The SMILES string of the molecule is O=C(Nc1cc(F)cc(F)c1)c1ccc(NCc2ccc(F)cc2)c([N+](=O)[O-])c1. The molecule has 0 aliphatic heterocycles. The van der Waals surface area contributed by atoms with Gasteiger partial charge in [-0.25, -0.2) is 13.2 Å². The first-order chi connectivity index (χ1) is 13.8. The Morgan fingerprint density at radius 3 is 2.17 bits per heavy atom. The number of nitrogens with one attached hydrogen (secondary N) is 2. The highest BCUT2D eigenvalue weighted by Crippen LogP contribution is 2.27. The average molecular weight is 401 g/mol. The van der Waals surface area contributed by atoms with Crippen LogP contribution in [0.25, 0.3) is 0 Å². The molecule has 0 saturated heterocycles. The maximum absolute atomic E-state index is 13.2. The topological polar surface area (TPSA) is 84.3 Å². The van der Waals surface area contributed by atoms with Gasteiger partial charge in [0.2, 0.25) is 0 Å². The van der Waals surface area contributed by atoms with Crippen molar-refractivity contribution < 1.29 is 22.9 Å². The fraction of sp³-hybridized carbons (Fsp3) is 0.0500. The van der Waals surface area contributed by atoms with Crippen molar-refractivity contribution in [1.29, 1.82) is 0 Å². The van der Waals surface area contributed by atoms with Crippen molar-refractivity contribution in [1.82, 2.24) is 0 Å². The van der Waals surface area contributed by atoms with E-state index >= 15 is 0 Å². The molecule has 0 atom stereocenters. The summed E-state index contributed by atoms with van der Waals surface area (Å²) in [5.74, 6) is -2.89. The molecule has 148 valence electrons. The first-order valence-corrected chi connectivity index (χ1v) is 8.36. The summed E-state index contributed by atoms with van der Waals surface area (Å²) in [4.78, 5) is 23.0. The number of carbonyl (C=O) groups is 1. The molecule has 0 aromatic heterocycles. The van der Waals surface area contributed by atoms with Gasteiger partial charge in [-0.15, -0.1) is 0 Å². The zero-order valence-corrected chi connectivity index (χ0v) is 14.8. The van der Waals surface area contributed by atoms with E-state index < -0.39 is 28.3 Å². The summed E-state index contributed by atoms with van der Waals surface area (Å²) in [7, 11) is 0. The second-order valence-electron chi connectivity index (χ2n) is 6.08. The van der Waals surface area contributed by atoms with E-state index in [0.717, 1.165) is 18.2 Å². The largest absolute Gasteiger partial charge is 0.375 e. The fourth-order valence-corrected chi connectivity index (χ4v) is 2.60. The molecule has 0 radical (unpaired) electrons. The first kappa shape index (κ1) is 19.9. The summed E-state index contributed by atoms with van der Waals surface area (Å²) in [6.07, 6.45) is 0. The van der Waals surface area contributed by atoms with Gasteiger partial charge in [-0.3, -0.25) is 14.9 Å². The van der Waals surface area contributed by atoms with Crippen LogP contribution in [0.15, 0.2) is 60.7 Å². The van der Waals surface area contributed by atoms with Gasteiger partial charge in [0.15, 0.2) is 0 Å². The summed E-state index contributed by atoms with van der Waals surface area (Å²) in [5, 5.41) is 16.5. The fourth-order valence-electron chi connectivity index (χ4n) is 2.60. The molecule has 0 spiro atoms. The van der Waals surface area contributed by atoms with Crippen molar-refractivity contribution in [3.8, 4) is 0 Å². The molecule has 0 saturated carbocycles. The lowest BCUT2D eigenvalue weighted by Gasteiger charge is -2.10. The van der Waals surface area contributed by atoms with Crippen molar-refractivity contribution in [3.63, 3.8) is 0 Å². The Labute approximate surface area is 163 Å². The molecule has 0 unspecified atom stereocenters. The van der Waals surface area contributed by atoms with Crippen LogP contribution in [0.4, 0.5) is 30.2 Å². The van der Waals surface area contributed by atoms with Crippen LogP contribution in [0.3, 0.4) is 0 Å². The molecule has 1 amide bonds. The summed E-state index contributed by atoms with van der Waals surface area (Å²) in [5.41, 5.74) is 0.330. The predicted molar refractivity (Wildman–Crippen MR) is 101 cm³/mol. The molecule has 3 aromatic rings. The standard InChI is InChI=1S/C20H14F3N3O3/c21-14-4-1-12(2-5-14)11-24-18-6-3-13(7-19(18)26(28)29)20(27)25-17-9-15(22)8-16(23)10-17/h1-10,24H,11H2,(H,25,27). The van der Waals surface area contributed by atoms with Crippen molar-refractivity contribution in [2.75, 3.05) is 10.6 Å². The van der Waals surface area contributed by atoms with E-state index in [-0.39, 0.29) is 29.2 Å². The highest BCUT2D eigenvalue weighted by atomic mass is 19.1. The number of hydrogen-bond acceptors (Lipinski definition) is 4. The number of benzene rings is 3. The van der Waals surface area contributed by atoms with E-state index in [1.807, 2.05) is 0 Å². The summed E-state index contributed by atoms with van der Waals surface area (Å²) in [6, 6.07) is 11.9. The molecule has 0 heterocycles. The number of halogens is 3. The number of nitro benzene ring substituents is 1. The highest BCUT2D eigenvalue weighted by Gasteiger charge is 2.18. The normalized spacial score (nSPS) is 10.4. The van der Waals surface area contributed by atoms with Gasteiger partial charge in [-0.2, -0.15) is 0 Å². The van der Waals surface area contributed by atoms with Gasteiger partial charge in [-0.1, -0.05) is 12.1 Å². The van der Waals surface area contributed by atoms with E-state index in [0.29, 0.717) is 11.6 Å². The summed E-state index contributed by atoms with van der Waals surface area (Å²) < 4.78 is 39.4. The zero-order chi connectivity index (χ0) is 21.0. The van der Waals surface area contributed by atoms with Crippen molar-refractivity contribution in [2.45, 2.75) is 6.54 Å². The molecular formula is C20H14F3N3O3. The number of carbonyl (C=O) groups excluding carboxylic acids is 1. The van der Waals surface area contributed by atoms with Gasteiger partial charge >= 0.3 is 0 Å². The van der Waals surface area contributed by atoms with E-state index in [2.05, 4.69) is 10.6 Å². The quantitative estimate of drug-likeness (QED) is 0.456. The van der Waals surface area contributed by atoms with Gasteiger partial charge in [-0.05, 0) is 42.0 Å². The smallest absolute Gasteiger partial charge is 0.293 e. The Hall–Kier alpha value is -3.88. The minimum Gasteiger partial charge on any atom is -0.375 e. The van der Waals surface area contributed by atoms with Gasteiger partial charge in [0, 0.05) is 29.9 Å². The molecule has 2 N–H and O–H groups in total. The van der Waals surface area contributed by atoms with Crippen LogP contribution in [-0.4, -0.2) is 10.8 Å². The van der Waals surface area contributed by atoms with Crippen molar-refractivity contribution in [3.05, 3.63) is 99.4 Å². The van der Waals surface area contributed by atoms with Crippen LogP contribution in [-0.2, 0) is 6.54 Å². The number of amides is 1. The van der Waals surface area contributed by atoms with Crippen molar-refractivity contribution >= 4 is 23.0 Å². The molecule has 0 aliphatic rings. The van der Waals surface area contributed by atoms with Gasteiger partial charge < -0.3 is 10.6 Å². The minimum absolute atomic E-state index is 0.0614. The van der Waals surface area contributed by atoms with E-state index in [9.17, 15) is 28.1 Å². The number of nitrogens with zero attached hydrogens (tertiary/aromatic N) is 1. The Morgan fingerprint density at radius 2 is 1.55 bits per heavy atom. The molecule has 29 heavy (non-hydrogen) atoms. The van der Waals surface area contributed by atoms with Crippen LogP contribution in [0.2, 0.25) is 0 Å². The van der Waals surface area contributed by atoms with E-state index in [1.165, 1.54) is 36.4 Å². The third-order valence-electron chi connectivity index (χ3n) is 3.97. The third-order valence-corrected chi connectivity index (χ3v) is 3.97. The number of rotatable bonds is 6. The zero-order valence-electron chi connectivity index (χ0n) is 14.8. The Morgan fingerprint density at radius 1 is 0.897 bits per heavy atom. The lowest BCUT2D eigenvalue weighted by molar-refractivity contribution is -0.384. The Kier molecular flexibility index (Phi) is 5.77. The molecule has 3 rings (SSSR count). The molecule has 0 fully saturated rings. The Bertz CT molecular complexity index is 1050. The minimum atomic E-state index is -0.869. The average Bonchev–Trinajstić information content (AvgIpc) is 2.66. The molecule has 0 bridgehead atoms. The van der Waals surface area contributed by atoms with Crippen LogP contribution < -0.4 is 10.6 Å². The second kappa shape index (κ2) is 8.42. The maximum atomic E-state index is 13.2. The van der Waals surface area contributed by atoms with E-state index in [4.69, 9.17) is 0 Å². The number of anilines is 2. The molecule has 3 aromatic carbocycles. The Balaban J connectivity index is 1.78. The van der Waals surface area contributed by atoms with Crippen LogP contribution in [0.1, 0.15) is 15.9 Å². The lowest BCUT2D eigenvalue weighted by atomic mass is 10.1. The maximum Gasteiger partial charge on any atom is 0.293 e. The lowest BCUT2D eigenvalue weighted by Crippen LogP contribution is -2.13. The molecule has 9 heteroatoms. The van der Waals surface area contributed by atoms with Gasteiger partial charge in [0.05, 0.1) is 4.92 Å². The third kappa shape index (κ3) is 5.10. The highest BCUT2D eigenvalue weighted by molar-refractivity contribution is 6.05. The van der Waals surface area contributed by atoms with Crippen molar-refractivity contribution in [2.24, 2.45) is 0 Å². The first-order valence-electron chi connectivity index (χ1n) is 8.36. The van der Waals surface area contributed by atoms with Gasteiger partial charge in [0.1, 0.15) is 23.1 Å². The second-order valence-corrected chi connectivity index (χ2v) is 6.08. The molecular weight excluding hydrogens is 387 g/mol. The van der Waals surface area contributed by atoms with Crippen LogP contribution in [0, 0.1) is 27.6 Å². The number of nitro groups is 1. The van der Waals surface area contributed by atoms with Crippen LogP contribution >= 0.6 is 0 Å². The van der Waals surface area contributed by atoms with Crippen LogP contribution in [0.5, 0.6) is 0 Å². The summed E-state index contributed by atoms with van der Waals surface area (Å²) in [6.45, 7) is 0.204. The monoisotopic (exact) mass is 401 g/mol.